The summed E-state index contributed by atoms with van der Waals surface area (Å²) in [5.41, 5.74) is 1.72. The van der Waals surface area contributed by atoms with Gasteiger partial charge in [0.2, 0.25) is 5.91 Å². The van der Waals surface area contributed by atoms with Gasteiger partial charge in [-0.3, -0.25) is 9.79 Å². The van der Waals surface area contributed by atoms with Crippen molar-refractivity contribution in [1.29, 1.82) is 0 Å². The fourth-order valence-corrected chi connectivity index (χ4v) is 3.96. The van der Waals surface area contributed by atoms with Crippen LogP contribution in [0.15, 0.2) is 89.1 Å². The van der Waals surface area contributed by atoms with Crippen molar-refractivity contribution < 1.29 is 28.6 Å². The number of rotatable bonds is 10. The van der Waals surface area contributed by atoms with Gasteiger partial charge < -0.3 is 19.9 Å². The van der Waals surface area contributed by atoms with Crippen LogP contribution in [0.4, 0.5) is 4.39 Å². The molecular weight excluding hydrogens is 439 g/mol. The predicted octanol–water partition coefficient (Wildman–Crippen LogP) is 4.09. The zero-order chi connectivity index (χ0) is 24.9. The quantitative estimate of drug-likeness (QED) is 0.286. The van der Waals surface area contributed by atoms with Gasteiger partial charge in [0.05, 0.1) is 16.7 Å². The van der Waals surface area contributed by atoms with Crippen molar-refractivity contribution in [2.75, 3.05) is 6.67 Å². The van der Waals surface area contributed by atoms with Gasteiger partial charge in [-0.05, 0) is 55.6 Å². The number of hydrogen-bond acceptors (Lipinski definition) is 5. The molecule has 0 radical (unpaired) electrons. The number of nitrogens with one attached hydrogen (secondary N) is 1. The van der Waals surface area contributed by atoms with Gasteiger partial charge >= 0.3 is 12.5 Å². The van der Waals surface area contributed by atoms with E-state index >= 15 is 0 Å². The van der Waals surface area contributed by atoms with Crippen LogP contribution in [0, 0.1) is 5.41 Å². The average molecular weight is 469 g/mol. The van der Waals surface area contributed by atoms with Gasteiger partial charge in [-0.2, -0.15) is 4.39 Å². The topological polar surface area (TPSA) is 97.2 Å². The maximum absolute atomic E-state index is 13.4. The molecule has 0 bridgehead atoms. The first-order valence-electron chi connectivity index (χ1n) is 11.0. The molecule has 7 nitrogen and oxygen atoms in total. The number of carboxylic acids is 1. The molecule has 1 amide bonds. The van der Waals surface area contributed by atoms with Crippen LogP contribution in [-0.2, 0) is 19.1 Å². The Hall–Kier alpha value is -3.36. The van der Waals surface area contributed by atoms with E-state index in [4.69, 9.17) is 9.47 Å². The number of carboxylic acid groups (broad SMARTS) is 1. The average Bonchev–Trinajstić information content (AvgIpc) is 3.51. The molecule has 2 fully saturated rings. The minimum Gasteiger partial charge on any atom is -0.478 e. The van der Waals surface area contributed by atoms with E-state index in [0.717, 1.165) is 11.1 Å². The van der Waals surface area contributed by atoms with E-state index in [2.05, 4.69) is 23.5 Å². The van der Waals surface area contributed by atoms with E-state index in [0.29, 0.717) is 24.1 Å². The highest BCUT2D eigenvalue weighted by atomic mass is 19.2. The van der Waals surface area contributed by atoms with Crippen LogP contribution < -0.4 is 5.32 Å². The molecule has 0 spiro atoms. The molecule has 2 aliphatic carbocycles. The van der Waals surface area contributed by atoms with E-state index < -0.39 is 30.1 Å². The maximum Gasteiger partial charge on any atom is 0.335 e. The number of nitrogens with zero attached hydrogens (tertiary/aromatic N) is 1. The Morgan fingerprint density at radius 2 is 2.06 bits per heavy atom. The number of allylic oxidation sites excluding steroid dienone is 7. The summed E-state index contributed by atoms with van der Waals surface area (Å²) in [6.45, 7) is 9.38. The molecule has 3 rings (SSSR count). The molecule has 8 heteroatoms. The largest absolute Gasteiger partial charge is 0.478 e. The number of aliphatic carboxylic acids is 1. The van der Waals surface area contributed by atoms with E-state index in [1.54, 1.807) is 50.3 Å². The number of ether oxygens (including phenoxy) is 2. The number of carbonyl (C=O) groups excluding carboxylic acids is 1. The van der Waals surface area contributed by atoms with Gasteiger partial charge in [0.25, 0.3) is 0 Å². The lowest BCUT2D eigenvalue weighted by Gasteiger charge is -2.22. The van der Waals surface area contributed by atoms with Gasteiger partial charge in [0.1, 0.15) is 18.9 Å². The monoisotopic (exact) mass is 468 g/mol. The van der Waals surface area contributed by atoms with Crippen molar-refractivity contribution >= 4 is 17.6 Å². The minimum absolute atomic E-state index is 0.0215. The second-order valence-corrected chi connectivity index (χ2v) is 8.23. The van der Waals surface area contributed by atoms with Crippen molar-refractivity contribution in [2.24, 2.45) is 10.4 Å². The zero-order valence-electron chi connectivity index (χ0n) is 19.3. The highest BCUT2D eigenvalue weighted by molar-refractivity contribution is 6.14. The molecule has 0 aromatic heterocycles. The van der Waals surface area contributed by atoms with Gasteiger partial charge in [0.15, 0.2) is 0 Å². The van der Waals surface area contributed by atoms with E-state index in [9.17, 15) is 19.1 Å². The second kappa shape index (κ2) is 10.7. The van der Waals surface area contributed by atoms with Crippen LogP contribution >= 0.6 is 0 Å². The molecule has 1 saturated heterocycles. The first-order valence-corrected chi connectivity index (χ1v) is 11.0. The van der Waals surface area contributed by atoms with E-state index in [-0.39, 0.29) is 18.1 Å². The fourth-order valence-electron chi connectivity index (χ4n) is 3.96. The summed E-state index contributed by atoms with van der Waals surface area (Å²) in [6.07, 6.45) is 13.4. The lowest BCUT2D eigenvalue weighted by Crippen LogP contribution is -2.35. The third-order valence-electron chi connectivity index (χ3n) is 5.84. The zero-order valence-corrected chi connectivity index (χ0v) is 19.3. The highest BCUT2D eigenvalue weighted by Gasteiger charge is 2.53. The molecule has 34 heavy (non-hydrogen) atoms. The van der Waals surface area contributed by atoms with Gasteiger partial charge in [-0.25, -0.2) is 4.79 Å². The predicted molar refractivity (Wildman–Crippen MR) is 128 cm³/mol. The molecule has 2 N–H and O–H groups in total. The lowest BCUT2D eigenvalue weighted by atomic mass is 9.88. The van der Waals surface area contributed by atoms with Crippen LogP contribution in [0.3, 0.4) is 0 Å². The highest BCUT2D eigenvalue weighted by Crippen LogP contribution is 2.53. The van der Waals surface area contributed by atoms with Crippen LogP contribution in [-0.4, -0.2) is 48.1 Å². The lowest BCUT2D eigenvalue weighted by molar-refractivity contribution is -0.150. The van der Waals surface area contributed by atoms with Crippen molar-refractivity contribution in [3.05, 3.63) is 84.1 Å². The Kier molecular flexibility index (Phi) is 7.96. The van der Waals surface area contributed by atoms with Crippen LogP contribution in [0.1, 0.15) is 26.7 Å². The number of amides is 1. The van der Waals surface area contributed by atoms with Crippen molar-refractivity contribution in [3.8, 4) is 0 Å². The first-order chi connectivity index (χ1) is 16.2. The molecule has 3 aliphatic rings. The van der Waals surface area contributed by atoms with Crippen LogP contribution in [0.5, 0.6) is 0 Å². The van der Waals surface area contributed by atoms with E-state index in [1.165, 1.54) is 12.2 Å². The fraction of sp³-hybridized carbons (Fsp3) is 0.346. The smallest absolute Gasteiger partial charge is 0.335 e. The summed E-state index contributed by atoms with van der Waals surface area (Å²) in [6, 6.07) is 0. The Bertz CT molecular complexity index is 1060. The van der Waals surface area contributed by atoms with Gasteiger partial charge in [-0.1, -0.05) is 49.6 Å². The molecule has 3 atom stereocenters. The Morgan fingerprint density at radius 1 is 1.35 bits per heavy atom. The molecule has 1 saturated carbocycles. The molecule has 0 aromatic carbocycles. The Morgan fingerprint density at radius 3 is 2.68 bits per heavy atom. The summed E-state index contributed by atoms with van der Waals surface area (Å²) in [4.78, 5) is 29.0. The summed E-state index contributed by atoms with van der Waals surface area (Å²) in [7, 11) is 0. The van der Waals surface area contributed by atoms with Crippen molar-refractivity contribution in [3.63, 3.8) is 0 Å². The molecular formula is C26H29FN2O5. The van der Waals surface area contributed by atoms with Gasteiger partial charge in [0, 0.05) is 0 Å². The summed E-state index contributed by atoms with van der Waals surface area (Å²) < 4.78 is 23.5. The number of fused-ring (bicyclic) bond motifs is 1. The minimum atomic E-state index is -1.77. The third-order valence-corrected chi connectivity index (χ3v) is 5.84. The SMILES string of the molecule is C=C/C=C(/C)C(=NCNC(=O)C1(C2=CC3OC(F)OC3C=C2)CC1)C(=C)/C=C(\C=C/C)C(=O)O. The number of hydrogen-bond donors (Lipinski definition) is 2. The number of halogens is 1. The summed E-state index contributed by atoms with van der Waals surface area (Å²) in [5, 5.41) is 12.2. The molecule has 0 aromatic rings. The number of carbonyl (C=O) groups is 2. The van der Waals surface area contributed by atoms with E-state index in [1.807, 2.05) is 0 Å². The number of alkyl halides is 1. The normalized spacial score (nSPS) is 26.1. The second-order valence-electron chi connectivity index (χ2n) is 8.23. The standard InChI is InChI=1S/C26H29FN2O5/c1-5-7-16(3)22(17(4)13-18(8-6-2)23(30)31)28-15-29-24(32)26(11-12-26)19-9-10-20-21(14-19)34-25(27)33-20/h5-10,13-14,20-21,25H,1,4,11-12,15H2,2-3H3,(H,29,32)(H,30,31)/b8-6-,16-7-,18-13+,28-22?. The molecule has 3 unspecified atom stereocenters. The summed E-state index contributed by atoms with van der Waals surface area (Å²) >= 11 is 0. The van der Waals surface area contributed by atoms with Crippen LogP contribution in [0.25, 0.3) is 0 Å². The maximum atomic E-state index is 13.4. The molecule has 1 aliphatic heterocycles. The molecule has 1 heterocycles. The van der Waals surface area contributed by atoms with Crippen LogP contribution in [0.2, 0.25) is 0 Å². The number of aliphatic imine (C=N–C) groups is 1. The Labute approximate surface area is 198 Å². The first kappa shape index (κ1) is 25.3. The van der Waals surface area contributed by atoms with Gasteiger partial charge in [-0.15, -0.1) is 0 Å². The summed E-state index contributed by atoms with van der Waals surface area (Å²) in [5.74, 6) is -1.27. The third kappa shape index (κ3) is 5.58. The van der Waals surface area contributed by atoms with Crippen molar-refractivity contribution in [1.82, 2.24) is 5.32 Å². The van der Waals surface area contributed by atoms with Crippen molar-refractivity contribution in [2.45, 2.75) is 45.4 Å². The molecule has 180 valence electrons. The Balaban J connectivity index is 1.74.